The van der Waals surface area contributed by atoms with Gasteiger partial charge in [-0.3, -0.25) is 0 Å². The summed E-state index contributed by atoms with van der Waals surface area (Å²) in [5.41, 5.74) is -0.381. The molecule has 1 aromatic rings. The Labute approximate surface area is 133 Å². The third-order valence-corrected chi connectivity index (χ3v) is 7.38. The molecule has 0 spiro atoms. The van der Waals surface area contributed by atoms with E-state index in [1.807, 2.05) is 33.8 Å². The molecule has 0 saturated heterocycles. The lowest BCUT2D eigenvalue weighted by atomic mass is 10.0. The number of hydrogen-bond acceptors (Lipinski definition) is 4. The van der Waals surface area contributed by atoms with E-state index in [1.54, 1.807) is 18.4 Å². The maximum absolute atomic E-state index is 12.8. The minimum absolute atomic E-state index is 0.381. The molecule has 0 radical (unpaired) electrons. The van der Waals surface area contributed by atoms with Crippen molar-refractivity contribution >= 4 is 21.4 Å². The molecule has 0 unspecified atom stereocenters. The zero-order chi connectivity index (χ0) is 16.3. The molecular weight excluding hydrogens is 304 g/mol. The Hall–Kier alpha value is -0.430. The van der Waals surface area contributed by atoms with Gasteiger partial charge in [-0.05, 0) is 46.2 Å². The van der Waals surface area contributed by atoms with Crippen LogP contribution in [0.15, 0.2) is 11.0 Å². The van der Waals surface area contributed by atoms with Gasteiger partial charge >= 0.3 is 0 Å². The molecule has 4 nitrogen and oxygen atoms in total. The second-order valence-corrected chi connectivity index (χ2v) is 9.23. The molecule has 0 atom stereocenters. The van der Waals surface area contributed by atoms with Gasteiger partial charge in [0.25, 0.3) is 0 Å². The SMILES string of the molecule is CCCNCc1cc(S(=O)(=O)N(C)C(C)(C)CC)c(C)s1. The van der Waals surface area contributed by atoms with E-state index in [-0.39, 0.29) is 5.54 Å². The largest absolute Gasteiger partial charge is 0.312 e. The summed E-state index contributed by atoms with van der Waals surface area (Å²) >= 11 is 1.56. The van der Waals surface area contributed by atoms with Gasteiger partial charge in [0.1, 0.15) is 0 Å². The molecule has 0 saturated carbocycles. The number of aryl methyl sites for hydroxylation is 1. The molecule has 0 bridgehead atoms. The van der Waals surface area contributed by atoms with E-state index in [1.165, 1.54) is 4.31 Å². The normalized spacial score (nSPS) is 13.1. The van der Waals surface area contributed by atoms with Crippen molar-refractivity contribution in [3.63, 3.8) is 0 Å². The molecule has 1 heterocycles. The summed E-state index contributed by atoms with van der Waals surface area (Å²) in [7, 11) is -1.76. The van der Waals surface area contributed by atoms with Crippen LogP contribution in [0, 0.1) is 6.92 Å². The van der Waals surface area contributed by atoms with Crippen molar-refractivity contribution in [3.05, 3.63) is 15.8 Å². The molecule has 0 aliphatic carbocycles. The standard InChI is InChI=1S/C15H28N2O2S2/c1-7-9-16-11-13-10-14(12(3)20-13)21(18,19)17(6)15(4,5)8-2/h10,16H,7-9,11H2,1-6H3. The third-order valence-electron chi connectivity index (χ3n) is 4.01. The van der Waals surface area contributed by atoms with Gasteiger partial charge < -0.3 is 5.32 Å². The molecule has 0 fully saturated rings. The number of rotatable bonds is 8. The van der Waals surface area contributed by atoms with Crippen molar-refractivity contribution in [2.75, 3.05) is 13.6 Å². The smallest absolute Gasteiger partial charge is 0.244 e. The topological polar surface area (TPSA) is 49.4 Å². The molecular formula is C15H28N2O2S2. The highest BCUT2D eigenvalue weighted by molar-refractivity contribution is 7.89. The predicted molar refractivity (Wildman–Crippen MR) is 90.4 cm³/mol. The molecule has 6 heteroatoms. The van der Waals surface area contributed by atoms with Gasteiger partial charge in [0, 0.05) is 28.9 Å². The summed E-state index contributed by atoms with van der Waals surface area (Å²) in [6.07, 6.45) is 1.85. The van der Waals surface area contributed by atoms with Crippen LogP contribution in [0.4, 0.5) is 0 Å². The average molecular weight is 333 g/mol. The van der Waals surface area contributed by atoms with Gasteiger partial charge in [-0.2, -0.15) is 4.31 Å². The van der Waals surface area contributed by atoms with Crippen LogP contribution in [-0.2, 0) is 16.6 Å². The van der Waals surface area contributed by atoms with Crippen molar-refractivity contribution < 1.29 is 8.42 Å². The Kier molecular flexibility index (Phi) is 6.40. The van der Waals surface area contributed by atoms with Gasteiger partial charge in [-0.25, -0.2) is 8.42 Å². The fourth-order valence-electron chi connectivity index (χ4n) is 1.95. The van der Waals surface area contributed by atoms with E-state index in [2.05, 4.69) is 12.2 Å². The Morgan fingerprint density at radius 2 is 1.95 bits per heavy atom. The van der Waals surface area contributed by atoms with E-state index >= 15 is 0 Å². The molecule has 1 rings (SSSR count). The monoisotopic (exact) mass is 332 g/mol. The molecule has 122 valence electrons. The van der Waals surface area contributed by atoms with Crippen LogP contribution in [0.2, 0.25) is 0 Å². The van der Waals surface area contributed by atoms with Crippen molar-refractivity contribution in [1.82, 2.24) is 9.62 Å². The number of nitrogens with one attached hydrogen (secondary N) is 1. The molecule has 1 N–H and O–H groups in total. The molecule has 0 aliphatic heterocycles. The first-order valence-electron chi connectivity index (χ1n) is 7.45. The van der Waals surface area contributed by atoms with Crippen LogP contribution in [-0.4, -0.2) is 31.9 Å². The summed E-state index contributed by atoms with van der Waals surface area (Å²) in [6, 6.07) is 1.82. The van der Waals surface area contributed by atoms with E-state index in [0.29, 0.717) is 4.90 Å². The fourth-order valence-corrected chi connectivity index (χ4v) is 5.10. The fraction of sp³-hybridized carbons (Fsp3) is 0.733. The lowest BCUT2D eigenvalue weighted by molar-refractivity contribution is 0.257. The summed E-state index contributed by atoms with van der Waals surface area (Å²) in [5, 5.41) is 3.32. The lowest BCUT2D eigenvalue weighted by Gasteiger charge is -2.33. The van der Waals surface area contributed by atoms with Crippen LogP contribution in [0.1, 0.15) is 50.3 Å². The quantitative estimate of drug-likeness (QED) is 0.743. The Bertz CT molecular complexity index is 562. The summed E-state index contributed by atoms with van der Waals surface area (Å²) in [6.45, 7) is 11.6. The second kappa shape index (κ2) is 7.22. The average Bonchev–Trinajstić information content (AvgIpc) is 2.80. The number of nitrogens with zero attached hydrogens (tertiary/aromatic N) is 1. The first-order chi connectivity index (χ1) is 9.66. The predicted octanol–water partition coefficient (Wildman–Crippen LogP) is 3.37. The number of thiophene rings is 1. The Morgan fingerprint density at radius 3 is 2.48 bits per heavy atom. The third kappa shape index (κ3) is 4.28. The van der Waals surface area contributed by atoms with Gasteiger partial charge in [-0.1, -0.05) is 13.8 Å². The Morgan fingerprint density at radius 1 is 1.33 bits per heavy atom. The highest BCUT2D eigenvalue weighted by atomic mass is 32.2. The van der Waals surface area contributed by atoms with E-state index < -0.39 is 10.0 Å². The highest BCUT2D eigenvalue weighted by Gasteiger charge is 2.34. The minimum atomic E-state index is -3.43. The van der Waals surface area contributed by atoms with Crippen molar-refractivity contribution in [2.45, 2.75) is 64.4 Å². The van der Waals surface area contributed by atoms with Crippen molar-refractivity contribution in [3.8, 4) is 0 Å². The summed E-state index contributed by atoms with van der Waals surface area (Å²) < 4.78 is 27.1. The maximum atomic E-state index is 12.8. The number of sulfonamides is 1. The number of hydrogen-bond donors (Lipinski definition) is 1. The highest BCUT2D eigenvalue weighted by Crippen LogP contribution is 2.31. The minimum Gasteiger partial charge on any atom is -0.312 e. The van der Waals surface area contributed by atoms with Crippen LogP contribution in [0.5, 0.6) is 0 Å². The van der Waals surface area contributed by atoms with E-state index in [0.717, 1.165) is 35.7 Å². The first-order valence-corrected chi connectivity index (χ1v) is 9.71. The lowest BCUT2D eigenvalue weighted by Crippen LogP contribution is -2.44. The summed E-state index contributed by atoms with van der Waals surface area (Å²) in [4.78, 5) is 2.38. The van der Waals surface area contributed by atoms with Crippen LogP contribution in [0.25, 0.3) is 0 Å². The molecule has 0 amide bonds. The maximum Gasteiger partial charge on any atom is 0.244 e. The molecule has 0 aliphatic rings. The summed E-state index contributed by atoms with van der Waals surface area (Å²) in [5.74, 6) is 0. The van der Waals surface area contributed by atoms with E-state index in [9.17, 15) is 8.42 Å². The Balaban J connectivity index is 3.04. The zero-order valence-electron chi connectivity index (χ0n) is 14.0. The van der Waals surface area contributed by atoms with Crippen LogP contribution < -0.4 is 5.32 Å². The zero-order valence-corrected chi connectivity index (χ0v) is 15.6. The second-order valence-electron chi connectivity index (χ2n) is 5.95. The van der Waals surface area contributed by atoms with Gasteiger partial charge in [0.2, 0.25) is 10.0 Å². The first kappa shape index (κ1) is 18.6. The van der Waals surface area contributed by atoms with Crippen molar-refractivity contribution in [1.29, 1.82) is 0 Å². The van der Waals surface area contributed by atoms with E-state index in [4.69, 9.17) is 0 Å². The van der Waals surface area contributed by atoms with Crippen LogP contribution >= 0.6 is 11.3 Å². The molecule has 1 aromatic heterocycles. The van der Waals surface area contributed by atoms with Gasteiger partial charge in [-0.15, -0.1) is 11.3 Å². The molecule has 0 aromatic carbocycles. The van der Waals surface area contributed by atoms with Gasteiger partial charge in [0.05, 0.1) is 4.90 Å². The van der Waals surface area contributed by atoms with Gasteiger partial charge in [0.15, 0.2) is 0 Å². The van der Waals surface area contributed by atoms with Crippen LogP contribution in [0.3, 0.4) is 0 Å². The molecule has 21 heavy (non-hydrogen) atoms. The van der Waals surface area contributed by atoms with Crippen molar-refractivity contribution in [2.24, 2.45) is 0 Å².